The Morgan fingerprint density at radius 1 is 1.31 bits per heavy atom. The van der Waals surface area contributed by atoms with Crippen LogP contribution in [-0.2, 0) is 6.54 Å². The van der Waals surface area contributed by atoms with E-state index in [-0.39, 0.29) is 35.9 Å². The second-order valence-electron chi connectivity index (χ2n) is 8.62. The molecule has 0 radical (unpaired) electrons. The Morgan fingerprint density at radius 2 is 2.11 bits per heavy atom. The van der Waals surface area contributed by atoms with Gasteiger partial charge < -0.3 is 19.5 Å². The van der Waals surface area contributed by atoms with E-state index in [1.165, 1.54) is 17.7 Å². The predicted molar refractivity (Wildman–Crippen MR) is 123 cm³/mol. The Morgan fingerprint density at radius 3 is 2.81 bits per heavy atom. The largest absolute Gasteiger partial charge is 0.479 e. The van der Waals surface area contributed by atoms with Crippen molar-refractivity contribution in [1.29, 1.82) is 0 Å². The summed E-state index contributed by atoms with van der Waals surface area (Å²) in [5.41, 5.74) is 1.29. The molecule has 0 aliphatic carbocycles. The van der Waals surface area contributed by atoms with E-state index in [0.717, 1.165) is 15.6 Å². The molecule has 0 bridgehead atoms. The van der Waals surface area contributed by atoms with Gasteiger partial charge in [0.05, 0.1) is 49.0 Å². The molecule has 0 saturated carbocycles. The summed E-state index contributed by atoms with van der Waals surface area (Å²) in [4.78, 5) is 9.18. The lowest BCUT2D eigenvalue weighted by Crippen LogP contribution is -2.53. The number of anilines is 1. The van der Waals surface area contributed by atoms with Crippen LogP contribution in [0.4, 0.5) is 27.9 Å². The second kappa shape index (κ2) is 8.87. The van der Waals surface area contributed by atoms with Gasteiger partial charge in [-0.15, -0.1) is 5.10 Å². The predicted octanol–water partition coefficient (Wildman–Crippen LogP) is 4.22. The maximum atomic E-state index is 15.3. The van der Waals surface area contributed by atoms with Gasteiger partial charge in [-0.25, -0.2) is 31.5 Å². The molecule has 0 amide bonds. The number of aromatic nitrogens is 5. The number of likely N-dealkylation sites (tertiary alicyclic amines) is 1. The van der Waals surface area contributed by atoms with Gasteiger partial charge in [-0.2, -0.15) is 4.98 Å². The molecule has 1 aliphatic rings. The van der Waals surface area contributed by atoms with E-state index in [9.17, 15) is 17.6 Å². The van der Waals surface area contributed by atoms with Gasteiger partial charge in [-0.3, -0.25) is 0 Å². The van der Waals surface area contributed by atoms with Crippen LogP contribution in [-0.4, -0.2) is 74.6 Å². The summed E-state index contributed by atoms with van der Waals surface area (Å²) in [6.07, 6.45) is -1.79. The summed E-state index contributed by atoms with van der Waals surface area (Å²) in [6.45, 7) is -2.71. The van der Waals surface area contributed by atoms with Gasteiger partial charge in [-0.05, 0) is 38.0 Å². The van der Waals surface area contributed by atoms with Crippen molar-refractivity contribution in [3.63, 3.8) is 0 Å². The zero-order chi connectivity index (χ0) is 28.3. The van der Waals surface area contributed by atoms with Crippen molar-refractivity contribution in [3.05, 3.63) is 36.0 Å². The third-order valence-corrected chi connectivity index (χ3v) is 6.20. The second-order valence-corrected chi connectivity index (χ2v) is 8.62. The first kappa shape index (κ1) is 20.7. The summed E-state index contributed by atoms with van der Waals surface area (Å²) in [5, 5.41) is 6.68. The molecule has 0 spiro atoms. The number of nitrogens with one attached hydrogen (secondary N) is 1. The molecule has 192 valence electrons. The molecule has 8 nitrogen and oxygen atoms in total. The third kappa shape index (κ3) is 4.21. The van der Waals surface area contributed by atoms with Crippen LogP contribution in [0.5, 0.6) is 5.88 Å². The highest BCUT2D eigenvalue weighted by atomic mass is 19.3. The van der Waals surface area contributed by atoms with E-state index >= 15 is 4.39 Å². The van der Waals surface area contributed by atoms with Crippen molar-refractivity contribution in [2.45, 2.75) is 38.3 Å². The van der Waals surface area contributed by atoms with E-state index < -0.39 is 44.3 Å². The molecule has 3 aromatic heterocycles. The van der Waals surface area contributed by atoms with Crippen molar-refractivity contribution in [2.24, 2.45) is 0 Å². The number of hydrogen-bond acceptors (Lipinski definition) is 6. The van der Waals surface area contributed by atoms with Gasteiger partial charge in [0.1, 0.15) is 11.3 Å². The van der Waals surface area contributed by atoms with Gasteiger partial charge in [0, 0.05) is 10.7 Å². The molecule has 1 atom stereocenters. The number of aryl methyl sites for hydroxylation is 1. The van der Waals surface area contributed by atoms with Crippen LogP contribution in [0.15, 0.2) is 24.4 Å². The molecule has 5 rings (SSSR count). The first-order valence-electron chi connectivity index (χ1n) is 12.6. The summed E-state index contributed by atoms with van der Waals surface area (Å²) in [5.74, 6) is -4.16. The maximum Gasteiger partial charge on any atom is 0.280 e. The fraction of sp³-hybridized carbons (Fsp3) is 0.435. The van der Waals surface area contributed by atoms with Gasteiger partial charge >= 0.3 is 0 Å². The number of benzene rings is 1. The van der Waals surface area contributed by atoms with E-state index in [2.05, 4.69) is 20.4 Å². The van der Waals surface area contributed by atoms with E-state index in [1.807, 2.05) is 0 Å². The number of halogens is 5. The summed E-state index contributed by atoms with van der Waals surface area (Å²) in [6, 6.07) is 3.21. The van der Waals surface area contributed by atoms with Crippen LogP contribution < -0.4 is 10.1 Å². The number of ether oxygens (including phenoxy) is 1. The van der Waals surface area contributed by atoms with Crippen molar-refractivity contribution >= 4 is 22.5 Å². The minimum absolute atomic E-state index is 0.0269. The van der Waals surface area contributed by atoms with Crippen LogP contribution >= 0.6 is 0 Å². The van der Waals surface area contributed by atoms with Gasteiger partial charge in [0.15, 0.2) is 5.82 Å². The lowest BCUT2D eigenvalue weighted by molar-refractivity contribution is -0.0675. The molecule has 1 fully saturated rings. The van der Waals surface area contributed by atoms with Crippen molar-refractivity contribution in [3.8, 4) is 17.0 Å². The molecule has 1 saturated heterocycles. The number of fused-ring (bicyclic) bond motifs is 2. The number of alkyl halides is 4. The zero-order valence-electron chi connectivity index (χ0n) is 22.3. The quantitative estimate of drug-likeness (QED) is 0.390. The first-order valence-corrected chi connectivity index (χ1v) is 11.1. The molecule has 13 heteroatoms. The zero-order valence-corrected chi connectivity index (χ0v) is 19.3. The van der Waals surface area contributed by atoms with E-state index in [1.54, 1.807) is 19.1 Å². The average molecular weight is 513 g/mol. The Labute approximate surface area is 206 Å². The number of hydrogen-bond donors (Lipinski definition) is 1. The smallest absolute Gasteiger partial charge is 0.280 e. The molecule has 1 aliphatic heterocycles. The highest BCUT2D eigenvalue weighted by molar-refractivity contribution is 5.90. The van der Waals surface area contributed by atoms with Crippen molar-refractivity contribution in [1.82, 2.24) is 29.0 Å². The van der Waals surface area contributed by atoms with Crippen LogP contribution in [0.2, 0.25) is 0 Å². The van der Waals surface area contributed by atoms with Crippen LogP contribution in [0.3, 0.4) is 0 Å². The summed E-state index contributed by atoms with van der Waals surface area (Å²) >= 11 is 0. The Hall–Kier alpha value is -3.48. The van der Waals surface area contributed by atoms with Gasteiger partial charge in [0.25, 0.3) is 12.3 Å². The molecule has 4 aromatic rings. The van der Waals surface area contributed by atoms with E-state index in [0.29, 0.717) is 22.4 Å². The lowest BCUT2D eigenvalue weighted by Gasteiger charge is -2.36. The molecule has 4 heterocycles. The highest BCUT2D eigenvalue weighted by Crippen LogP contribution is 2.36. The number of rotatable bonds is 6. The number of nitrogens with zero attached hydrogens (tertiary/aromatic N) is 6. The molecule has 1 aromatic carbocycles. The standard InChI is InChI=1S/C23H24F5N7O/c1-12-29-15-5-4-13(8-16(15)34(12)10-18(25)26)19-14(24)9-35-20(19)21(36-3)31-22(32-35)30-17-6-7-33(2)11-23(17,27)28/h4-5,8-9,17-18H,6-7,10-11H2,1-3H3,(H,30,32)/t17-/m1/s1/i2D3. The van der Waals surface area contributed by atoms with Gasteiger partial charge in [0.2, 0.25) is 11.8 Å². The Kier molecular flexibility index (Phi) is 5.10. The maximum absolute atomic E-state index is 15.3. The van der Waals surface area contributed by atoms with E-state index in [4.69, 9.17) is 8.85 Å². The summed E-state index contributed by atoms with van der Waals surface area (Å²) < 4.78 is 101. The SMILES string of the molecule is [2H]C([2H])([2H])N1CC[C@@H](Nc2nc(OC)c3c(-c4ccc5nc(C)n(CC(F)F)c5c4)c(F)cn3n2)C(F)(F)C1. The fourth-order valence-electron chi connectivity index (χ4n) is 4.54. The number of piperidine rings is 1. The average Bonchev–Trinajstić information content (AvgIpc) is 3.33. The van der Waals surface area contributed by atoms with Crippen LogP contribution in [0.25, 0.3) is 27.7 Å². The number of imidazole rings is 1. The summed E-state index contributed by atoms with van der Waals surface area (Å²) in [7, 11) is 1.27. The normalized spacial score (nSPS) is 20.0. The highest BCUT2D eigenvalue weighted by Gasteiger charge is 2.44. The third-order valence-electron chi connectivity index (χ3n) is 6.20. The van der Waals surface area contributed by atoms with Crippen molar-refractivity contribution < 1.29 is 30.8 Å². The van der Waals surface area contributed by atoms with Gasteiger partial charge in [-0.1, -0.05) is 6.07 Å². The van der Waals surface area contributed by atoms with Crippen LogP contribution in [0, 0.1) is 12.7 Å². The molecular formula is C23H24F5N7O. The molecule has 1 N–H and O–H groups in total. The number of methoxy groups -OCH3 is 1. The van der Waals surface area contributed by atoms with Crippen molar-refractivity contribution in [2.75, 3.05) is 32.5 Å². The monoisotopic (exact) mass is 512 g/mol. The molecular weight excluding hydrogens is 485 g/mol. The first-order chi connectivity index (χ1) is 18.3. The molecule has 0 unspecified atom stereocenters. The Balaban J connectivity index is 1.52. The fourth-order valence-corrected chi connectivity index (χ4v) is 4.54. The lowest BCUT2D eigenvalue weighted by atomic mass is 10.0. The Bertz CT molecular complexity index is 1540. The minimum atomic E-state index is -3.42. The minimum Gasteiger partial charge on any atom is -0.479 e. The topological polar surface area (TPSA) is 72.5 Å². The van der Waals surface area contributed by atoms with Crippen LogP contribution in [0.1, 0.15) is 16.4 Å². The molecule has 36 heavy (non-hydrogen) atoms.